The van der Waals surface area contributed by atoms with Crippen LogP contribution in [0.4, 0.5) is 51.2 Å². The minimum atomic E-state index is 1.11. The van der Waals surface area contributed by atoms with Crippen LogP contribution in [0, 0.1) is 41.5 Å². The summed E-state index contributed by atoms with van der Waals surface area (Å²) < 4.78 is 0. The third-order valence-corrected chi connectivity index (χ3v) is 12.6. The van der Waals surface area contributed by atoms with Gasteiger partial charge in [0.25, 0.3) is 0 Å². The topological polar surface area (TPSA) is 9.72 Å². The van der Waals surface area contributed by atoms with Crippen molar-refractivity contribution in [2.24, 2.45) is 0 Å². The number of nitrogens with zero attached hydrogens (tertiary/aromatic N) is 3. The number of hydrogen-bond acceptors (Lipinski definition) is 3. The maximum Gasteiger partial charge on any atom is 0.0562 e. The molecule has 10 rings (SSSR count). The van der Waals surface area contributed by atoms with Gasteiger partial charge in [-0.1, -0.05) is 146 Å². The van der Waals surface area contributed by atoms with Crippen LogP contribution >= 0.6 is 0 Å². The van der Waals surface area contributed by atoms with Crippen LogP contribution in [0.1, 0.15) is 33.4 Å². The second-order valence-electron chi connectivity index (χ2n) is 16.9. The molecule has 0 atom stereocenters. The van der Waals surface area contributed by atoms with E-state index in [0.717, 1.165) is 51.2 Å². The van der Waals surface area contributed by atoms with Crippen LogP contribution in [-0.2, 0) is 0 Å². The van der Waals surface area contributed by atoms with Gasteiger partial charge in [0, 0.05) is 33.2 Å². The fraction of sp³-hybridized carbons (Fsp3) is 0.100. The van der Waals surface area contributed by atoms with Gasteiger partial charge < -0.3 is 14.7 Å². The van der Waals surface area contributed by atoms with Gasteiger partial charge >= 0.3 is 0 Å². The summed E-state index contributed by atoms with van der Waals surface area (Å²) in [6, 6.07) is 73.4. The molecule has 10 aromatic rings. The van der Waals surface area contributed by atoms with Crippen molar-refractivity contribution >= 4 is 83.5 Å². The lowest BCUT2D eigenvalue weighted by Gasteiger charge is -2.39. The summed E-state index contributed by atoms with van der Waals surface area (Å²) in [6.45, 7) is 13.6. The SMILES string of the molecule is Cc1cccc(N(c2c(C)c(N(c3cccc(C)c3)c3cccc4ccccc34)c(C)c(N(c3cccc(C)c3)c3cccc4ccccc34)c2C)c2cccc3ccccc23)c1. The van der Waals surface area contributed by atoms with E-state index in [1.54, 1.807) is 0 Å². The van der Waals surface area contributed by atoms with E-state index < -0.39 is 0 Å². The largest absolute Gasteiger partial charge is 0.309 e. The molecule has 0 radical (unpaired) electrons. The molecule has 3 heteroatoms. The number of aryl methyl sites for hydroxylation is 3. The molecule has 0 aromatic heterocycles. The Labute approximate surface area is 371 Å². The van der Waals surface area contributed by atoms with E-state index in [2.05, 4.69) is 256 Å². The maximum absolute atomic E-state index is 2.53. The molecule has 0 bridgehead atoms. The van der Waals surface area contributed by atoms with Crippen molar-refractivity contribution < 1.29 is 0 Å². The molecule has 3 nitrogen and oxygen atoms in total. The lowest BCUT2D eigenvalue weighted by atomic mass is 9.92. The molecule has 306 valence electrons. The Hall–Kier alpha value is -7.62. The van der Waals surface area contributed by atoms with Crippen LogP contribution in [0.3, 0.4) is 0 Å². The van der Waals surface area contributed by atoms with E-state index in [-0.39, 0.29) is 0 Å². The predicted octanol–water partition coefficient (Wildman–Crippen LogP) is 17.4. The maximum atomic E-state index is 2.53. The minimum absolute atomic E-state index is 1.11. The highest BCUT2D eigenvalue weighted by molar-refractivity contribution is 6.07. The van der Waals surface area contributed by atoms with Crippen molar-refractivity contribution in [3.05, 3.63) is 234 Å². The van der Waals surface area contributed by atoms with Crippen molar-refractivity contribution in [2.45, 2.75) is 41.5 Å². The van der Waals surface area contributed by atoms with Gasteiger partial charge in [-0.2, -0.15) is 0 Å². The zero-order valence-electron chi connectivity index (χ0n) is 36.9. The van der Waals surface area contributed by atoms with Gasteiger partial charge in [-0.15, -0.1) is 0 Å². The van der Waals surface area contributed by atoms with E-state index in [1.807, 2.05) is 0 Å². The van der Waals surface area contributed by atoms with Gasteiger partial charge in [-0.3, -0.25) is 0 Å². The van der Waals surface area contributed by atoms with Crippen molar-refractivity contribution in [2.75, 3.05) is 14.7 Å². The minimum Gasteiger partial charge on any atom is -0.309 e. The molecule has 0 heterocycles. The predicted molar refractivity (Wildman–Crippen MR) is 271 cm³/mol. The lowest BCUT2D eigenvalue weighted by Crippen LogP contribution is -2.22. The fourth-order valence-electron chi connectivity index (χ4n) is 9.86. The Morgan fingerprint density at radius 3 is 0.794 bits per heavy atom. The van der Waals surface area contributed by atoms with Crippen LogP contribution in [0.25, 0.3) is 32.3 Å². The average molecular weight is 814 g/mol. The van der Waals surface area contributed by atoms with E-state index in [9.17, 15) is 0 Å². The van der Waals surface area contributed by atoms with Gasteiger partial charge in [0.05, 0.1) is 34.1 Å². The Kier molecular flexibility index (Phi) is 10.2. The van der Waals surface area contributed by atoms with Crippen LogP contribution in [0.2, 0.25) is 0 Å². The number of rotatable bonds is 9. The standard InChI is InChI=1S/C60H51N3/c1-40-19-13-28-49(37-40)61(55-34-16-25-46-22-7-10-31-52(46)55)58-43(4)59(62(50-29-14-20-41(2)38-50)56-35-17-26-47-23-8-11-32-53(47)56)45(6)60(44(58)5)63(51-30-15-21-42(3)39-51)57-36-18-27-48-24-9-12-33-54(48)57/h7-39H,1-6H3. The molecule has 0 spiro atoms. The fourth-order valence-corrected chi connectivity index (χ4v) is 9.86. The molecule has 0 N–H and O–H groups in total. The molecule has 0 aliphatic carbocycles. The highest BCUT2D eigenvalue weighted by atomic mass is 15.2. The third-order valence-electron chi connectivity index (χ3n) is 12.6. The van der Waals surface area contributed by atoms with Gasteiger partial charge in [0.1, 0.15) is 0 Å². The summed E-state index contributed by atoms with van der Waals surface area (Å²) in [7, 11) is 0. The monoisotopic (exact) mass is 813 g/mol. The summed E-state index contributed by atoms with van der Waals surface area (Å²) in [4.78, 5) is 7.59. The summed E-state index contributed by atoms with van der Waals surface area (Å²) in [5.74, 6) is 0. The van der Waals surface area contributed by atoms with Crippen molar-refractivity contribution in [1.29, 1.82) is 0 Å². The quantitative estimate of drug-likeness (QED) is 0.144. The highest BCUT2D eigenvalue weighted by Gasteiger charge is 2.32. The molecule has 0 aliphatic heterocycles. The van der Waals surface area contributed by atoms with Crippen molar-refractivity contribution in [3.63, 3.8) is 0 Å². The number of fused-ring (bicyclic) bond motifs is 3. The molecule has 10 aromatic carbocycles. The molecule has 0 amide bonds. The highest BCUT2D eigenvalue weighted by Crippen LogP contribution is 2.55. The number of anilines is 9. The summed E-state index contributed by atoms with van der Waals surface area (Å²) in [6.07, 6.45) is 0. The second-order valence-corrected chi connectivity index (χ2v) is 16.9. The van der Waals surface area contributed by atoms with Crippen LogP contribution in [-0.4, -0.2) is 0 Å². The lowest BCUT2D eigenvalue weighted by molar-refractivity contribution is 1.14. The van der Waals surface area contributed by atoms with E-state index in [4.69, 9.17) is 0 Å². The second kappa shape index (κ2) is 16.3. The first-order chi connectivity index (χ1) is 30.8. The van der Waals surface area contributed by atoms with E-state index in [1.165, 1.54) is 65.7 Å². The number of benzene rings is 10. The van der Waals surface area contributed by atoms with Crippen molar-refractivity contribution in [3.8, 4) is 0 Å². The summed E-state index contributed by atoms with van der Waals surface area (Å²) in [5, 5.41) is 7.17. The summed E-state index contributed by atoms with van der Waals surface area (Å²) >= 11 is 0. The molecular formula is C60H51N3. The van der Waals surface area contributed by atoms with Crippen LogP contribution in [0.15, 0.2) is 200 Å². The first-order valence-corrected chi connectivity index (χ1v) is 21.9. The molecular weight excluding hydrogens is 763 g/mol. The first-order valence-electron chi connectivity index (χ1n) is 21.9. The molecule has 63 heavy (non-hydrogen) atoms. The molecule has 0 saturated carbocycles. The van der Waals surface area contributed by atoms with Gasteiger partial charge in [0.15, 0.2) is 0 Å². The zero-order valence-corrected chi connectivity index (χ0v) is 36.9. The number of hydrogen-bond donors (Lipinski definition) is 0. The van der Waals surface area contributed by atoms with E-state index in [0.29, 0.717) is 0 Å². The first kappa shape index (κ1) is 39.5. The zero-order chi connectivity index (χ0) is 43.2. The smallest absolute Gasteiger partial charge is 0.0562 e. The van der Waals surface area contributed by atoms with Crippen LogP contribution < -0.4 is 14.7 Å². The Bertz CT molecular complexity index is 2950. The van der Waals surface area contributed by atoms with Gasteiger partial charge in [0.2, 0.25) is 0 Å². The Balaban J connectivity index is 1.41. The van der Waals surface area contributed by atoms with Gasteiger partial charge in [-0.25, -0.2) is 0 Å². The molecule has 0 unspecified atom stereocenters. The Morgan fingerprint density at radius 2 is 0.508 bits per heavy atom. The average Bonchev–Trinajstić information content (AvgIpc) is 3.30. The summed E-state index contributed by atoms with van der Waals surface area (Å²) in [5.41, 5.74) is 17.3. The molecule has 0 saturated heterocycles. The normalized spacial score (nSPS) is 11.3. The molecule has 0 fully saturated rings. The van der Waals surface area contributed by atoms with E-state index >= 15 is 0 Å². The molecule has 0 aliphatic rings. The van der Waals surface area contributed by atoms with Gasteiger partial charge in [-0.05, 0) is 146 Å². The third kappa shape index (κ3) is 7.06. The van der Waals surface area contributed by atoms with Crippen molar-refractivity contribution in [1.82, 2.24) is 0 Å². The Morgan fingerprint density at radius 1 is 0.254 bits per heavy atom. The van der Waals surface area contributed by atoms with Crippen LogP contribution in [0.5, 0.6) is 0 Å².